The van der Waals surface area contributed by atoms with Crippen LogP contribution in [-0.2, 0) is 4.79 Å². The lowest BCUT2D eigenvalue weighted by Gasteiger charge is -2.00. The summed E-state index contributed by atoms with van der Waals surface area (Å²) < 4.78 is 0. The Hall–Kier alpha value is -1.18. The largest absolute Gasteiger partial charge is 0.481 e. The first-order chi connectivity index (χ1) is 12.7. The standard InChI is InChI=1S/C23H38O2S/c1-3-4-5-6-7-8-9-10-11-12-14-17-20-26-21-18-15-13-16-19-22(2)23(24)25/h9-10,12-14,18,22H,3-8,11,16-17,19-21H2,1-2H3,(H,24,25)/b10-9-,14-12-. The zero-order chi connectivity index (χ0) is 19.3. The number of allylic oxidation sites excluding steroid dienone is 4. The molecule has 0 fully saturated rings. The van der Waals surface area contributed by atoms with E-state index in [4.69, 9.17) is 5.11 Å². The maximum absolute atomic E-state index is 10.7. The first-order valence-electron chi connectivity index (χ1n) is 10.2. The summed E-state index contributed by atoms with van der Waals surface area (Å²) in [6.07, 6.45) is 24.7. The minimum atomic E-state index is -0.719. The molecule has 0 aromatic rings. The fourth-order valence-corrected chi connectivity index (χ4v) is 3.02. The number of carbonyl (C=O) groups is 1. The number of rotatable bonds is 17. The third kappa shape index (κ3) is 19.1. The van der Waals surface area contributed by atoms with E-state index < -0.39 is 5.97 Å². The normalized spacial score (nSPS) is 12.4. The van der Waals surface area contributed by atoms with E-state index in [0.717, 1.165) is 30.8 Å². The number of hydrogen-bond acceptors (Lipinski definition) is 2. The first-order valence-corrected chi connectivity index (χ1v) is 11.3. The van der Waals surface area contributed by atoms with E-state index in [-0.39, 0.29) is 5.92 Å². The lowest BCUT2D eigenvalue weighted by molar-refractivity contribution is -0.141. The van der Waals surface area contributed by atoms with Crippen LogP contribution in [0.3, 0.4) is 0 Å². The van der Waals surface area contributed by atoms with Gasteiger partial charge in [-0.2, -0.15) is 11.8 Å². The molecular formula is C23H38O2S. The minimum absolute atomic E-state index is 0.269. The summed E-state index contributed by atoms with van der Waals surface area (Å²) in [7, 11) is 0. The van der Waals surface area contributed by atoms with Crippen molar-refractivity contribution in [1.82, 2.24) is 0 Å². The van der Waals surface area contributed by atoms with Gasteiger partial charge in [-0.05, 0) is 56.4 Å². The van der Waals surface area contributed by atoms with Crippen LogP contribution in [0.4, 0.5) is 0 Å². The fraction of sp³-hybridized carbons (Fsp3) is 0.652. The van der Waals surface area contributed by atoms with Gasteiger partial charge in [0.1, 0.15) is 0 Å². The third-order valence-corrected chi connectivity index (χ3v) is 5.04. The van der Waals surface area contributed by atoms with E-state index in [1.54, 1.807) is 6.92 Å². The van der Waals surface area contributed by atoms with Crippen LogP contribution in [0.5, 0.6) is 0 Å². The van der Waals surface area contributed by atoms with Gasteiger partial charge in [0.05, 0.1) is 5.92 Å². The molecule has 0 saturated heterocycles. The van der Waals surface area contributed by atoms with Gasteiger partial charge in [-0.3, -0.25) is 4.79 Å². The molecule has 0 heterocycles. The van der Waals surface area contributed by atoms with Gasteiger partial charge < -0.3 is 5.11 Å². The number of thioether (sulfide) groups is 1. The molecule has 0 amide bonds. The van der Waals surface area contributed by atoms with Gasteiger partial charge in [0.2, 0.25) is 0 Å². The van der Waals surface area contributed by atoms with E-state index in [2.05, 4.69) is 37.0 Å². The van der Waals surface area contributed by atoms with Crippen LogP contribution in [0.1, 0.15) is 78.1 Å². The van der Waals surface area contributed by atoms with Crippen LogP contribution in [0.15, 0.2) is 42.2 Å². The molecule has 0 rings (SSSR count). The SMILES string of the molecule is CCCCCCC/C=C\C/C=C\CCSCC=C=CCCC(C)C(=O)O. The monoisotopic (exact) mass is 378 g/mol. The molecule has 0 aliphatic rings. The molecule has 148 valence electrons. The van der Waals surface area contributed by atoms with Crippen molar-refractivity contribution >= 4 is 17.7 Å². The van der Waals surface area contributed by atoms with Crippen molar-refractivity contribution in [3.05, 3.63) is 42.2 Å². The molecule has 0 bridgehead atoms. The summed E-state index contributed by atoms with van der Waals surface area (Å²) in [6, 6.07) is 0. The third-order valence-electron chi connectivity index (χ3n) is 4.11. The summed E-state index contributed by atoms with van der Waals surface area (Å²) in [5.41, 5.74) is 3.14. The second-order valence-electron chi connectivity index (χ2n) is 6.64. The zero-order valence-corrected chi connectivity index (χ0v) is 17.6. The van der Waals surface area contributed by atoms with Crippen molar-refractivity contribution in [2.75, 3.05) is 11.5 Å². The second kappa shape index (κ2) is 20.1. The van der Waals surface area contributed by atoms with Crippen LogP contribution in [0, 0.1) is 5.92 Å². The van der Waals surface area contributed by atoms with Crippen molar-refractivity contribution in [2.45, 2.75) is 78.1 Å². The van der Waals surface area contributed by atoms with E-state index in [0.29, 0.717) is 6.42 Å². The molecule has 0 aromatic heterocycles. The number of carboxylic acid groups (broad SMARTS) is 1. The van der Waals surface area contributed by atoms with Crippen LogP contribution < -0.4 is 0 Å². The molecule has 26 heavy (non-hydrogen) atoms. The molecule has 0 spiro atoms. The maximum atomic E-state index is 10.7. The van der Waals surface area contributed by atoms with Gasteiger partial charge >= 0.3 is 5.97 Å². The highest BCUT2D eigenvalue weighted by atomic mass is 32.2. The van der Waals surface area contributed by atoms with E-state index in [1.165, 1.54) is 38.5 Å². The molecule has 0 saturated carbocycles. The lowest BCUT2D eigenvalue weighted by Crippen LogP contribution is -2.08. The van der Waals surface area contributed by atoms with Crippen LogP contribution in [0.25, 0.3) is 0 Å². The zero-order valence-electron chi connectivity index (χ0n) is 16.8. The lowest BCUT2D eigenvalue weighted by atomic mass is 10.1. The number of hydrogen-bond donors (Lipinski definition) is 1. The second-order valence-corrected chi connectivity index (χ2v) is 7.79. The Morgan fingerprint density at radius 1 is 1.00 bits per heavy atom. The highest BCUT2D eigenvalue weighted by Gasteiger charge is 2.08. The van der Waals surface area contributed by atoms with Crippen molar-refractivity contribution in [3.63, 3.8) is 0 Å². The van der Waals surface area contributed by atoms with E-state index in [9.17, 15) is 4.79 Å². The number of unbranched alkanes of at least 4 members (excludes halogenated alkanes) is 5. The highest BCUT2D eigenvalue weighted by molar-refractivity contribution is 7.99. The molecule has 2 nitrogen and oxygen atoms in total. The molecule has 1 unspecified atom stereocenters. The van der Waals surface area contributed by atoms with Crippen molar-refractivity contribution in [1.29, 1.82) is 0 Å². The van der Waals surface area contributed by atoms with Gasteiger partial charge in [-0.15, -0.1) is 5.73 Å². The summed E-state index contributed by atoms with van der Waals surface area (Å²) in [5.74, 6) is 1.11. The Balaban J connectivity index is 3.42. The van der Waals surface area contributed by atoms with E-state index in [1.807, 2.05) is 23.9 Å². The van der Waals surface area contributed by atoms with Crippen LogP contribution in [-0.4, -0.2) is 22.6 Å². The van der Waals surface area contributed by atoms with Crippen molar-refractivity contribution in [2.24, 2.45) is 5.92 Å². The van der Waals surface area contributed by atoms with Gasteiger partial charge in [-0.25, -0.2) is 0 Å². The summed E-state index contributed by atoms with van der Waals surface area (Å²) in [6.45, 7) is 4.00. The predicted molar refractivity (Wildman–Crippen MR) is 117 cm³/mol. The molecular weight excluding hydrogens is 340 g/mol. The molecule has 0 radical (unpaired) electrons. The van der Waals surface area contributed by atoms with Gasteiger partial charge in [0, 0.05) is 5.75 Å². The Kier molecular flexibility index (Phi) is 19.2. The molecule has 0 aliphatic heterocycles. The molecule has 1 N–H and O–H groups in total. The highest BCUT2D eigenvalue weighted by Crippen LogP contribution is 2.07. The van der Waals surface area contributed by atoms with Gasteiger partial charge in [0.25, 0.3) is 0 Å². The van der Waals surface area contributed by atoms with Gasteiger partial charge in [-0.1, -0.05) is 63.8 Å². The van der Waals surface area contributed by atoms with Gasteiger partial charge in [0.15, 0.2) is 0 Å². The predicted octanol–water partition coefficient (Wildman–Crippen LogP) is 7.18. The smallest absolute Gasteiger partial charge is 0.306 e. The Labute approximate surface area is 165 Å². The summed E-state index contributed by atoms with van der Waals surface area (Å²) in [4.78, 5) is 10.7. The van der Waals surface area contributed by atoms with Crippen LogP contribution in [0.2, 0.25) is 0 Å². The van der Waals surface area contributed by atoms with Crippen molar-refractivity contribution < 1.29 is 9.90 Å². The first kappa shape index (κ1) is 24.8. The van der Waals surface area contributed by atoms with Crippen molar-refractivity contribution in [3.8, 4) is 0 Å². The van der Waals surface area contributed by atoms with Crippen LogP contribution >= 0.6 is 11.8 Å². The Morgan fingerprint density at radius 2 is 1.73 bits per heavy atom. The average Bonchev–Trinajstić information content (AvgIpc) is 2.63. The molecule has 0 aromatic carbocycles. The Bertz CT molecular complexity index is 445. The molecule has 0 aliphatic carbocycles. The number of carboxylic acids is 1. The minimum Gasteiger partial charge on any atom is -0.481 e. The fourth-order valence-electron chi connectivity index (χ4n) is 2.34. The molecule has 3 heteroatoms. The van der Waals surface area contributed by atoms with E-state index >= 15 is 0 Å². The summed E-state index contributed by atoms with van der Waals surface area (Å²) in [5, 5.41) is 8.78. The quantitative estimate of drug-likeness (QED) is 0.165. The Morgan fingerprint density at radius 3 is 2.46 bits per heavy atom. The average molecular weight is 379 g/mol. The topological polar surface area (TPSA) is 37.3 Å². The maximum Gasteiger partial charge on any atom is 0.306 e. The number of aliphatic carboxylic acids is 1. The summed E-state index contributed by atoms with van der Waals surface area (Å²) >= 11 is 1.90. The molecule has 1 atom stereocenters.